The minimum atomic E-state index is -0.471. The van der Waals surface area contributed by atoms with Crippen molar-refractivity contribution in [2.45, 2.75) is 12.0 Å². The summed E-state index contributed by atoms with van der Waals surface area (Å²) in [7, 11) is 1.66. The van der Waals surface area contributed by atoms with Gasteiger partial charge in [-0.1, -0.05) is 12.1 Å². The lowest BCUT2D eigenvalue weighted by molar-refractivity contribution is 0.210. The number of aliphatic hydroxyl groups excluding tert-OH is 1. The molecule has 4 nitrogen and oxygen atoms in total. The molecule has 1 atom stereocenters. The molecule has 3 N–H and O–H groups in total. The van der Waals surface area contributed by atoms with Crippen LogP contribution < -0.4 is 15.4 Å². The zero-order valence-electron chi connectivity index (χ0n) is 9.52. The molecule has 0 spiro atoms. The Morgan fingerprint density at radius 3 is 2.88 bits per heavy atom. The van der Waals surface area contributed by atoms with Crippen LogP contribution in [0, 0.1) is 0 Å². The number of ether oxygens (including phenoxy) is 1. The number of hydrogen-bond acceptors (Lipinski definition) is 4. The van der Waals surface area contributed by atoms with Gasteiger partial charge in [-0.2, -0.15) is 0 Å². The Morgan fingerprint density at radius 1 is 1.50 bits per heavy atom. The smallest absolute Gasteiger partial charge is 0.142 e. The quantitative estimate of drug-likeness (QED) is 0.786. The largest absolute Gasteiger partial charge is 0.495 e. The first-order chi connectivity index (χ1) is 7.68. The number of methoxy groups -OCH3 is 1. The summed E-state index contributed by atoms with van der Waals surface area (Å²) in [6.45, 7) is 1.56. The molecule has 1 heterocycles. The van der Waals surface area contributed by atoms with Crippen LogP contribution in [0.1, 0.15) is 6.42 Å². The number of anilines is 1. The minimum Gasteiger partial charge on any atom is -0.495 e. The molecule has 1 aliphatic heterocycles. The molecule has 16 heavy (non-hydrogen) atoms. The molecule has 1 aromatic rings. The lowest BCUT2D eigenvalue weighted by atomic mass is 10.0. The maximum absolute atomic E-state index is 9.23. The highest BCUT2D eigenvalue weighted by molar-refractivity contribution is 5.59. The molecule has 1 aliphatic rings. The zero-order valence-corrected chi connectivity index (χ0v) is 9.52. The average Bonchev–Trinajstić information content (AvgIpc) is 2.73. The summed E-state index contributed by atoms with van der Waals surface area (Å²) in [6.07, 6.45) is 0.807. The van der Waals surface area contributed by atoms with Crippen molar-refractivity contribution in [1.29, 1.82) is 0 Å². The van der Waals surface area contributed by atoms with Gasteiger partial charge < -0.3 is 20.5 Å². The van der Waals surface area contributed by atoms with Crippen LogP contribution in [0.2, 0.25) is 0 Å². The van der Waals surface area contributed by atoms with Crippen LogP contribution in [0.5, 0.6) is 5.75 Å². The van der Waals surface area contributed by atoms with Gasteiger partial charge in [0.1, 0.15) is 5.75 Å². The van der Waals surface area contributed by atoms with E-state index in [4.69, 9.17) is 10.5 Å². The van der Waals surface area contributed by atoms with Gasteiger partial charge in [-0.15, -0.1) is 0 Å². The third-order valence-corrected chi connectivity index (χ3v) is 3.13. The molecule has 88 valence electrons. The van der Waals surface area contributed by atoms with E-state index in [0.29, 0.717) is 6.54 Å². The van der Waals surface area contributed by atoms with E-state index in [1.807, 2.05) is 24.3 Å². The van der Waals surface area contributed by atoms with Crippen LogP contribution in [0.25, 0.3) is 0 Å². The van der Waals surface area contributed by atoms with Crippen molar-refractivity contribution in [3.05, 3.63) is 24.3 Å². The van der Waals surface area contributed by atoms with E-state index in [1.54, 1.807) is 7.11 Å². The van der Waals surface area contributed by atoms with Crippen molar-refractivity contribution in [3.63, 3.8) is 0 Å². The molecule has 1 unspecified atom stereocenters. The Morgan fingerprint density at radius 2 is 2.25 bits per heavy atom. The molecule has 1 fully saturated rings. The third kappa shape index (κ3) is 1.99. The maximum Gasteiger partial charge on any atom is 0.142 e. The highest BCUT2D eigenvalue weighted by Crippen LogP contribution is 2.32. The van der Waals surface area contributed by atoms with Crippen LogP contribution >= 0.6 is 0 Å². The Bertz CT molecular complexity index is 370. The Hall–Kier alpha value is -1.26. The van der Waals surface area contributed by atoms with Crippen molar-refractivity contribution in [2.75, 3.05) is 31.7 Å². The molecule has 0 aliphatic carbocycles. The summed E-state index contributed by atoms with van der Waals surface area (Å²) in [5.41, 5.74) is 6.62. The number of para-hydroxylation sites is 2. The molecule has 1 aromatic carbocycles. The molecule has 0 radical (unpaired) electrons. The van der Waals surface area contributed by atoms with Gasteiger partial charge in [0, 0.05) is 13.1 Å². The van der Waals surface area contributed by atoms with Crippen LogP contribution in [0.4, 0.5) is 5.69 Å². The van der Waals surface area contributed by atoms with Gasteiger partial charge in [-0.05, 0) is 18.6 Å². The SMILES string of the molecule is COc1ccccc1N1CCC(N)(CO)C1. The first-order valence-corrected chi connectivity index (χ1v) is 5.46. The van der Waals surface area contributed by atoms with E-state index in [-0.39, 0.29) is 6.61 Å². The van der Waals surface area contributed by atoms with E-state index in [1.165, 1.54) is 0 Å². The molecule has 1 saturated heterocycles. The van der Waals surface area contributed by atoms with Crippen LogP contribution in [-0.4, -0.2) is 37.5 Å². The number of hydrogen-bond donors (Lipinski definition) is 2. The first kappa shape index (κ1) is 11.2. The van der Waals surface area contributed by atoms with Gasteiger partial charge in [0.25, 0.3) is 0 Å². The lowest BCUT2D eigenvalue weighted by Gasteiger charge is -2.24. The van der Waals surface area contributed by atoms with Crippen molar-refractivity contribution in [2.24, 2.45) is 5.73 Å². The first-order valence-electron chi connectivity index (χ1n) is 5.46. The molecule has 0 bridgehead atoms. The normalized spacial score (nSPS) is 24.8. The van der Waals surface area contributed by atoms with Gasteiger partial charge in [0.05, 0.1) is 24.9 Å². The van der Waals surface area contributed by atoms with E-state index >= 15 is 0 Å². The van der Waals surface area contributed by atoms with Crippen molar-refractivity contribution < 1.29 is 9.84 Å². The number of rotatable bonds is 3. The van der Waals surface area contributed by atoms with Crippen molar-refractivity contribution >= 4 is 5.69 Å². The summed E-state index contributed by atoms with van der Waals surface area (Å²) in [6, 6.07) is 7.88. The standard InChI is InChI=1S/C12H18N2O2/c1-16-11-5-3-2-4-10(11)14-7-6-12(13,8-14)9-15/h2-5,15H,6-9,13H2,1H3. The Kier molecular flexibility index (Phi) is 3.03. The molecular formula is C12H18N2O2. The average molecular weight is 222 g/mol. The van der Waals surface area contributed by atoms with Gasteiger partial charge >= 0.3 is 0 Å². The highest BCUT2D eigenvalue weighted by atomic mass is 16.5. The maximum atomic E-state index is 9.23. The fourth-order valence-electron chi connectivity index (χ4n) is 2.12. The fraction of sp³-hybridized carbons (Fsp3) is 0.500. The topological polar surface area (TPSA) is 58.7 Å². The summed E-state index contributed by atoms with van der Waals surface area (Å²) < 4.78 is 5.31. The second kappa shape index (κ2) is 4.31. The predicted molar refractivity (Wildman–Crippen MR) is 63.8 cm³/mol. The van der Waals surface area contributed by atoms with Crippen LogP contribution in [-0.2, 0) is 0 Å². The number of nitrogens with two attached hydrogens (primary N) is 1. The molecule has 0 aromatic heterocycles. The monoisotopic (exact) mass is 222 g/mol. The van der Waals surface area contributed by atoms with Crippen LogP contribution in [0.3, 0.4) is 0 Å². The second-order valence-corrected chi connectivity index (χ2v) is 4.36. The number of aliphatic hydroxyl groups is 1. The molecule has 0 saturated carbocycles. The van der Waals surface area contributed by atoms with Crippen molar-refractivity contribution in [1.82, 2.24) is 0 Å². The van der Waals surface area contributed by atoms with Gasteiger partial charge in [0.2, 0.25) is 0 Å². The van der Waals surface area contributed by atoms with E-state index in [2.05, 4.69) is 4.90 Å². The Balaban J connectivity index is 2.20. The number of benzene rings is 1. The summed E-state index contributed by atoms with van der Waals surface area (Å²) in [5.74, 6) is 0.852. The van der Waals surface area contributed by atoms with Gasteiger partial charge in [-0.3, -0.25) is 0 Å². The number of nitrogens with zero attached hydrogens (tertiary/aromatic N) is 1. The predicted octanol–water partition coefficient (Wildman–Crippen LogP) is 0.595. The zero-order chi connectivity index (χ0) is 11.6. The third-order valence-electron chi connectivity index (χ3n) is 3.13. The highest BCUT2D eigenvalue weighted by Gasteiger charge is 2.34. The molecule has 4 heteroatoms. The molecular weight excluding hydrogens is 204 g/mol. The van der Waals surface area contributed by atoms with E-state index in [0.717, 1.165) is 24.4 Å². The minimum absolute atomic E-state index is 0.0264. The van der Waals surface area contributed by atoms with Gasteiger partial charge in [0.15, 0.2) is 0 Å². The molecule has 2 rings (SSSR count). The van der Waals surface area contributed by atoms with E-state index in [9.17, 15) is 5.11 Å². The summed E-state index contributed by atoms with van der Waals surface area (Å²) in [5, 5.41) is 9.23. The second-order valence-electron chi connectivity index (χ2n) is 4.36. The van der Waals surface area contributed by atoms with Crippen LogP contribution in [0.15, 0.2) is 24.3 Å². The Labute approximate surface area is 95.6 Å². The summed E-state index contributed by atoms with van der Waals surface area (Å²) >= 11 is 0. The fourth-order valence-corrected chi connectivity index (χ4v) is 2.12. The van der Waals surface area contributed by atoms with Crippen molar-refractivity contribution in [3.8, 4) is 5.75 Å². The van der Waals surface area contributed by atoms with E-state index < -0.39 is 5.54 Å². The van der Waals surface area contributed by atoms with Gasteiger partial charge in [-0.25, -0.2) is 0 Å². The summed E-state index contributed by atoms with van der Waals surface area (Å²) in [4.78, 5) is 2.16. The molecule has 0 amide bonds. The lowest BCUT2D eigenvalue weighted by Crippen LogP contribution is -2.46.